The number of ketones is 1. The number of aliphatic imine (C=N–C) groups is 1. The second-order valence-electron chi connectivity index (χ2n) is 16.2. The Labute approximate surface area is 355 Å². The van der Waals surface area contributed by atoms with E-state index in [0.29, 0.717) is 51.1 Å². The lowest BCUT2D eigenvalue weighted by Gasteiger charge is -2.32. The van der Waals surface area contributed by atoms with Crippen molar-refractivity contribution >= 4 is 68.1 Å². The molecule has 1 spiro atoms. The summed E-state index contributed by atoms with van der Waals surface area (Å²) in [6, 6.07) is 30.7. The summed E-state index contributed by atoms with van der Waals surface area (Å²) in [5.74, 6) is -3.17. The van der Waals surface area contributed by atoms with Crippen LogP contribution in [0.2, 0.25) is 5.02 Å². The van der Waals surface area contributed by atoms with Gasteiger partial charge in [0.15, 0.2) is 5.88 Å². The number of amides is 2. The normalized spacial score (nSPS) is 21.1. The molecule has 0 bridgehead atoms. The van der Waals surface area contributed by atoms with E-state index in [2.05, 4.69) is 15.3 Å². The van der Waals surface area contributed by atoms with Crippen molar-refractivity contribution in [3.63, 3.8) is 0 Å². The molecule has 0 saturated carbocycles. The molecule has 2 aromatic heterocycles. The van der Waals surface area contributed by atoms with Crippen molar-refractivity contribution in [1.82, 2.24) is 19.9 Å². The number of benzene rings is 5. The third kappa shape index (κ3) is 5.69. The number of hydrogen-bond donors (Lipinski definition) is 3. The van der Waals surface area contributed by atoms with Crippen molar-refractivity contribution in [2.75, 3.05) is 4.90 Å². The number of hydrogen-bond acceptors (Lipinski definition) is 8. The minimum absolute atomic E-state index is 0.0221. The van der Waals surface area contributed by atoms with Crippen LogP contribution in [0, 0.1) is 17.8 Å². The maximum atomic E-state index is 14.5. The Bertz CT molecular complexity index is 3180. The zero-order valence-corrected chi connectivity index (χ0v) is 33.6. The third-order valence-electron chi connectivity index (χ3n) is 12.1. The number of imide groups is 1. The van der Waals surface area contributed by atoms with Crippen LogP contribution in [0.1, 0.15) is 53.1 Å². The fourth-order valence-corrected chi connectivity index (χ4v) is 9.83. The van der Waals surface area contributed by atoms with E-state index in [1.54, 1.807) is 60.7 Å². The summed E-state index contributed by atoms with van der Waals surface area (Å²) < 4.78 is 42.5. The van der Waals surface area contributed by atoms with Crippen LogP contribution in [0.4, 0.5) is 24.5 Å². The molecule has 2 saturated heterocycles. The van der Waals surface area contributed by atoms with Crippen molar-refractivity contribution in [1.29, 1.82) is 0 Å². The molecular formula is C47H34ClF3N6O5. The van der Waals surface area contributed by atoms with Gasteiger partial charge in [-0.1, -0.05) is 86.1 Å². The van der Waals surface area contributed by atoms with Crippen molar-refractivity contribution in [3.8, 4) is 11.6 Å². The summed E-state index contributed by atoms with van der Waals surface area (Å²) in [6.07, 6.45) is -4.22. The van der Waals surface area contributed by atoms with Gasteiger partial charge in [-0.25, -0.2) is 14.9 Å². The summed E-state index contributed by atoms with van der Waals surface area (Å²) in [7, 11) is 0. The topological polar surface area (TPSA) is 150 Å². The van der Waals surface area contributed by atoms with Crippen LogP contribution in [0.5, 0.6) is 5.88 Å². The second kappa shape index (κ2) is 14.1. The number of aromatic amines is 1. The monoisotopic (exact) mass is 854 g/mol. The number of nitrogens with zero attached hydrogens (tertiary/aromatic N) is 4. The highest BCUT2D eigenvalue weighted by molar-refractivity contribution is 6.56. The maximum Gasteiger partial charge on any atom is 0.416 e. The molecule has 0 radical (unpaired) electrons. The van der Waals surface area contributed by atoms with Crippen LogP contribution in [0.25, 0.3) is 27.5 Å². The van der Waals surface area contributed by atoms with Gasteiger partial charge in [-0.05, 0) is 66.9 Å². The van der Waals surface area contributed by atoms with Gasteiger partial charge in [0.2, 0.25) is 17.6 Å². The van der Waals surface area contributed by atoms with Gasteiger partial charge in [-0.15, -0.1) is 0 Å². The summed E-state index contributed by atoms with van der Waals surface area (Å²) in [5, 5.41) is 14.7. The first-order valence-corrected chi connectivity index (χ1v) is 20.3. The first kappa shape index (κ1) is 39.2. The number of Topliss-reactive ketones (excluding diaryl/α,β-unsaturated/α-hetero) is 1. The lowest BCUT2D eigenvalue weighted by atomic mass is 9.75. The Morgan fingerprint density at radius 2 is 1.53 bits per heavy atom. The molecule has 2 unspecified atom stereocenters. The average Bonchev–Trinajstić information content (AvgIpc) is 4.00. The number of fused-ring (bicyclic) bond motifs is 10. The number of carbonyl (C=O) groups is 3. The van der Waals surface area contributed by atoms with Gasteiger partial charge in [0, 0.05) is 28.1 Å². The molecule has 2 fully saturated rings. The molecule has 15 heteroatoms. The lowest BCUT2D eigenvalue weighted by molar-refractivity contribution is -0.137. The van der Waals surface area contributed by atoms with E-state index in [9.17, 15) is 37.5 Å². The molecule has 62 heavy (non-hydrogen) atoms. The Balaban J connectivity index is 0.000000190. The van der Waals surface area contributed by atoms with E-state index in [-0.39, 0.29) is 39.7 Å². The molecule has 7 aromatic rings. The van der Waals surface area contributed by atoms with E-state index in [1.165, 1.54) is 4.57 Å². The van der Waals surface area contributed by atoms with E-state index in [1.807, 2.05) is 50.2 Å². The van der Waals surface area contributed by atoms with Gasteiger partial charge in [0.25, 0.3) is 5.56 Å². The van der Waals surface area contributed by atoms with Crippen LogP contribution >= 0.6 is 11.6 Å². The highest BCUT2D eigenvalue weighted by Crippen LogP contribution is 2.57. The molecule has 4 atom stereocenters. The summed E-state index contributed by atoms with van der Waals surface area (Å²) in [4.78, 5) is 67.9. The van der Waals surface area contributed by atoms with Crippen molar-refractivity contribution < 1.29 is 32.7 Å². The summed E-state index contributed by atoms with van der Waals surface area (Å²) in [6.45, 7) is 3.97. The SMILES string of the molecule is CC(C)CC1NC2(c3ccccc3-n3c2nc2ccccc2c3=O)[C@H]2C(=O)N(c3cc(C(F)(F)F)ccc3Cl)C(=O)[C@@H]12.O=C1C(c2c(O)[nH]c3ccccc23)=Nc2ccccc21. The van der Waals surface area contributed by atoms with E-state index >= 15 is 0 Å². The van der Waals surface area contributed by atoms with Gasteiger partial charge in [-0.3, -0.25) is 29.1 Å². The predicted octanol–water partition coefficient (Wildman–Crippen LogP) is 8.63. The van der Waals surface area contributed by atoms with Crippen molar-refractivity contribution in [3.05, 3.63) is 159 Å². The fraction of sp³-hybridized carbons (Fsp3) is 0.191. The fourth-order valence-electron chi connectivity index (χ4n) is 9.63. The molecule has 11 rings (SSSR count). The first-order chi connectivity index (χ1) is 29.7. The number of halogens is 4. The number of para-hydroxylation sites is 4. The number of aromatic nitrogens is 3. The molecule has 5 aromatic carbocycles. The van der Waals surface area contributed by atoms with Crippen LogP contribution in [0.3, 0.4) is 0 Å². The van der Waals surface area contributed by atoms with Crippen molar-refractivity contribution in [2.45, 2.75) is 38.0 Å². The lowest BCUT2D eigenvalue weighted by Crippen LogP contribution is -2.50. The zero-order valence-electron chi connectivity index (χ0n) is 32.9. The highest BCUT2D eigenvalue weighted by atomic mass is 35.5. The maximum absolute atomic E-state index is 14.5. The molecule has 310 valence electrons. The Hall–Kier alpha value is -6.90. The smallest absolute Gasteiger partial charge is 0.416 e. The van der Waals surface area contributed by atoms with Gasteiger partial charge in [0.05, 0.1) is 56.0 Å². The van der Waals surface area contributed by atoms with Gasteiger partial charge < -0.3 is 10.1 Å². The largest absolute Gasteiger partial charge is 0.494 e. The van der Waals surface area contributed by atoms with Crippen LogP contribution in [-0.2, 0) is 21.3 Å². The van der Waals surface area contributed by atoms with Gasteiger partial charge >= 0.3 is 6.18 Å². The van der Waals surface area contributed by atoms with Gasteiger partial charge in [-0.2, -0.15) is 13.2 Å². The molecule has 6 heterocycles. The van der Waals surface area contributed by atoms with Gasteiger partial charge in [0.1, 0.15) is 17.1 Å². The number of alkyl halides is 3. The Morgan fingerprint density at radius 3 is 2.29 bits per heavy atom. The Morgan fingerprint density at radius 1 is 0.839 bits per heavy atom. The number of nitrogens with one attached hydrogen (secondary N) is 2. The summed E-state index contributed by atoms with van der Waals surface area (Å²) in [5.41, 5.74) is 1.29. The molecule has 11 nitrogen and oxygen atoms in total. The third-order valence-corrected chi connectivity index (χ3v) is 12.4. The van der Waals surface area contributed by atoms with Crippen molar-refractivity contribution in [2.24, 2.45) is 22.7 Å². The summed E-state index contributed by atoms with van der Waals surface area (Å²) >= 11 is 6.35. The second-order valence-corrected chi connectivity index (χ2v) is 16.6. The molecule has 3 N–H and O–H groups in total. The predicted molar refractivity (Wildman–Crippen MR) is 227 cm³/mol. The quantitative estimate of drug-likeness (QED) is 0.150. The molecule has 4 aliphatic heterocycles. The molecule has 4 aliphatic rings. The minimum atomic E-state index is -4.71. The number of anilines is 1. The van der Waals surface area contributed by atoms with E-state index in [0.717, 1.165) is 34.0 Å². The molecule has 0 aliphatic carbocycles. The highest BCUT2D eigenvalue weighted by Gasteiger charge is 2.70. The van der Waals surface area contributed by atoms with E-state index in [4.69, 9.17) is 16.6 Å². The van der Waals surface area contributed by atoms with E-state index < -0.39 is 47.0 Å². The first-order valence-electron chi connectivity index (χ1n) is 19.9. The number of rotatable bonds is 4. The number of carbonyl (C=O) groups excluding carboxylic acids is 3. The standard InChI is InChI=1S/C31H24ClF3N4O3.C16H10N2O2/c1-15(2)13-21-24-25(28(42)38(27(24)41)23-14-16(31(33,34)35)11-12-19(23)32)30(37-21)18-8-4-6-10-22(18)39-26(40)17-7-3-5-9-20(17)36-29(30)39;19-15-10-6-2-4-8-12(10)17-14(15)13-9-5-1-3-7-11(9)18-16(13)20/h3-12,14-15,21,24-25,37H,13H2,1-2H3;1-8,18,20H/t21?,24-,25+,30?;/m0./s1. The Kier molecular flexibility index (Phi) is 8.91. The number of H-pyrrole nitrogens is 1. The average molecular weight is 855 g/mol. The van der Waals surface area contributed by atoms with Crippen LogP contribution < -0.4 is 15.8 Å². The molecule has 2 amide bonds. The van der Waals surface area contributed by atoms with Crippen LogP contribution in [-0.4, -0.2) is 49.0 Å². The van der Waals surface area contributed by atoms with Crippen LogP contribution in [0.15, 0.2) is 125 Å². The number of aromatic hydroxyl groups is 1. The minimum Gasteiger partial charge on any atom is -0.494 e. The zero-order chi connectivity index (χ0) is 43.4. The molecular weight excluding hydrogens is 821 g/mol.